The molecule has 0 bridgehead atoms. The number of rotatable bonds is 2. The Labute approximate surface area is 104 Å². The van der Waals surface area contributed by atoms with E-state index in [0.717, 1.165) is 30.4 Å². The van der Waals surface area contributed by atoms with Gasteiger partial charge in [0.2, 0.25) is 0 Å². The summed E-state index contributed by atoms with van der Waals surface area (Å²) in [6.45, 7) is 2.65. The molecule has 3 rings (SSSR count). The van der Waals surface area contributed by atoms with Gasteiger partial charge < -0.3 is 14.2 Å². The van der Waals surface area contributed by atoms with Crippen molar-refractivity contribution in [3.63, 3.8) is 0 Å². The number of alkyl halides is 2. The van der Waals surface area contributed by atoms with Gasteiger partial charge in [-0.25, -0.2) is 0 Å². The van der Waals surface area contributed by atoms with Crippen molar-refractivity contribution >= 4 is 0 Å². The molecule has 18 heavy (non-hydrogen) atoms. The van der Waals surface area contributed by atoms with Crippen molar-refractivity contribution in [3.05, 3.63) is 23.3 Å². The van der Waals surface area contributed by atoms with Crippen molar-refractivity contribution < 1.29 is 23.0 Å². The minimum absolute atomic E-state index is 0.102. The largest absolute Gasteiger partial charge is 0.586 e. The monoisotopic (exact) mass is 256 g/mol. The van der Waals surface area contributed by atoms with E-state index in [0.29, 0.717) is 6.61 Å². The lowest BCUT2D eigenvalue weighted by Crippen LogP contribution is -2.26. The molecule has 0 fully saturated rings. The van der Waals surface area contributed by atoms with E-state index in [-0.39, 0.29) is 17.6 Å². The lowest BCUT2D eigenvalue weighted by molar-refractivity contribution is -0.287. The van der Waals surface area contributed by atoms with E-state index in [4.69, 9.17) is 4.74 Å². The van der Waals surface area contributed by atoms with Crippen LogP contribution in [0.3, 0.4) is 0 Å². The van der Waals surface area contributed by atoms with E-state index in [1.54, 1.807) is 6.07 Å². The summed E-state index contributed by atoms with van der Waals surface area (Å²) in [6, 6.07) is 3.37. The molecule has 0 aromatic heterocycles. The third-order valence-electron chi connectivity index (χ3n) is 3.26. The summed E-state index contributed by atoms with van der Waals surface area (Å²) in [6.07, 6.45) is -1.31. The number of hydrogen-bond donors (Lipinski definition) is 0. The van der Waals surface area contributed by atoms with Gasteiger partial charge in [0.25, 0.3) is 0 Å². The Bertz CT molecular complexity index is 474. The van der Waals surface area contributed by atoms with E-state index in [1.165, 1.54) is 0 Å². The molecule has 98 valence electrons. The van der Waals surface area contributed by atoms with Gasteiger partial charge >= 0.3 is 6.29 Å². The van der Waals surface area contributed by atoms with E-state index < -0.39 is 6.29 Å². The van der Waals surface area contributed by atoms with Gasteiger partial charge in [-0.1, -0.05) is 19.4 Å². The second-order valence-corrected chi connectivity index (χ2v) is 4.53. The maximum Gasteiger partial charge on any atom is 0.586 e. The molecule has 1 aromatic carbocycles. The second kappa shape index (κ2) is 4.09. The first-order valence-corrected chi connectivity index (χ1v) is 6.14. The molecule has 2 aliphatic heterocycles. The van der Waals surface area contributed by atoms with Crippen molar-refractivity contribution in [2.45, 2.75) is 38.6 Å². The molecule has 0 spiro atoms. The zero-order valence-electron chi connectivity index (χ0n) is 10.0. The quantitative estimate of drug-likeness (QED) is 0.811. The molecule has 0 amide bonds. The van der Waals surface area contributed by atoms with E-state index in [1.807, 2.05) is 13.0 Å². The van der Waals surface area contributed by atoms with Crippen molar-refractivity contribution in [3.8, 4) is 11.5 Å². The smallest absolute Gasteiger partial charge is 0.395 e. The van der Waals surface area contributed by atoms with Crippen LogP contribution in [-0.2, 0) is 11.2 Å². The summed E-state index contributed by atoms with van der Waals surface area (Å²) in [5.41, 5.74) is 1.75. The highest BCUT2D eigenvalue weighted by molar-refractivity contribution is 5.54. The highest BCUT2D eigenvalue weighted by atomic mass is 19.3. The fourth-order valence-electron chi connectivity index (χ4n) is 2.53. The molecule has 0 radical (unpaired) electrons. The highest BCUT2D eigenvalue weighted by Gasteiger charge is 2.46. The molecule has 1 atom stereocenters. The van der Waals surface area contributed by atoms with Gasteiger partial charge in [0.1, 0.15) is 0 Å². The molecular formula is C13H14F2O3. The fraction of sp³-hybridized carbons (Fsp3) is 0.538. The Morgan fingerprint density at radius 1 is 1.33 bits per heavy atom. The van der Waals surface area contributed by atoms with Crippen LogP contribution in [0, 0.1) is 0 Å². The molecule has 0 N–H and O–H groups in total. The normalized spacial score (nSPS) is 23.8. The lowest BCUT2D eigenvalue weighted by atomic mass is 9.93. The molecule has 0 aliphatic carbocycles. The maximum atomic E-state index is 13.1. The first-order valence-electron chi connectivity index (χ1n) is 6.14. The Kier molecular flexibility index (Phi) is 2.66. The van der Waals surface area contributed by atoms with Gasteiger partial charge in [-0.05, 0) is 24.5 Å². The summed E-state index contributed by atoms with van der Waals surface area (Å²) >= 11 is 0. The zero-order chi connectivity index (χ0) is 12.8. The number of halogens is 2. The number of ether oxygens (including phenoxy) is 3. The molecule has 2 aliphatic rings. The van der Waals surface area contributed by atoms with Crippen LogP contribution in [-0.4, -0.2) is 12.9 Å². The summed E-state index contributed by atoms with van der Waals surface area (Å²) in [4.78, 5) is 0. The Hall–Kier alpha value is -1.36. The minimum atomic E-state index is -3.56. The standard InChI is InChI=1S/C13H14F2O3/c1-2-3-9-11-8(6-7-16-9)4-5-10-12(11)18-13(14,15)17-10/h4-5,9H,2-3,6-7H2,1H3/t9-/m0/s1. The summed E-state index contributed by atoms with van der Waals surface area (Å²) < 4.78 is 41.0. The minimum Gasteiger partial charge on any atom is -0.395 e. The molecule has 1 aromatic rings. The molecule has 0 saturated carbocycles. The predicted molar refractivity (Wildman–Crippen MR) is 60.0 cm³/mol. The molecule has 0 saturated heterocycles. The van der Waals surface area contributed by atoms with Gasteiger partial charge in [-0.3, -0.25) is 0 Å². The van der Waals surface area contributed by atoms with Crippen LogP contribution >= 0.6 is 0 Å². The first-order chi connectivity index (χ1) is 8.61. The van der Waals surface area contributed by atoms with Crippen LogP contribution in [0.25, 0.3) is 0 Å². The fourth-order valence-corrected chi connectivity index (χ4v) is 2.53. The predicted octanol–water partition coefficient (Wildman–Crippen LogP) is 3.42. The molecule has 5 heteroatoms. The van der Waals surface area contributed by atoms with E-state index >= 15 is 0 Å². The molecule has 0 unspecified atom stereocenters. The topological polar surface area (TPSA) is 27.7 Å². The zero-order valence-corrected chi connectivity index (χ0v) is 10.0. The summed E-state index contributed by atoms with van der Waals surface area (Å²) in [5, 5.41) is 0. The molecule has 3 nitrogen and oxygen atoms in total. The average molecular weight is 256 g/mol. The van der Waals surface area contributed by atoms with E-state index in [9.17, 15) is 8.78 Å². The summed E-state index contributed by atoms with van der Waals surface area (Å²) in [5.74, 6) is 0.251. The van der Waals surface area contributed by atoms with Crippen LogP contribution < -0.4 is 9.47 Å². The summed E-state index contributed by atoms with van der Waals surface area (Å²) in [7, 11) is 0. The maximum absolute atomic E-state index is 13.1. The first kappa shape index (κ1) is 11.7. The van der Waals surface area contributed by atoms with Gasteiger partial charge in [0.15, 0.2) is 11.5 Å². The number of benzene rings is 1. The third kappa shape index (κ3) is 1.82. The van der Waals surface area contributed by atoms with Gasteiger partial charge in [0, 0.05) is 5.56 Å². The third-order valence-corrected chi connectivity index (χ3v) is 3.26. The van der Waals surface area contributed by atoms with Gasteiger partial charge in [-0.2, -0.15) is 0 Å². The van der Waals surface area contributed by atoms with Crippen molar-refractivity contribution in [1.82, 2.24) is 0 Å². The number of fused-ring (bicyclic) bond motifs is 3. The lowest BCUT2D eigenvalue weighted by Gasteiger charge is -2.26. The van der Waals surface area contributed by atoms with Gasteiger partial charge in [0.05, 0.1) is 12.7 Å². The van der Waals surface area contributed by atoms with Crippen LogP contribution in [0.4, 0.5) is 8.78 Å². The van der Waals surface area contributed by atoms with Crippen molar-refractivity contribution in [1.29, 1.82) is 0 Å². The van der Waals surface area contributed by atoms with Crippen LogP contribution in [0.2, 0.25) is 0 Å². The Balaban J connectivity index is 2.06. The molecule has 2 heterocycles. The Morgan fingerprint density at radius 2 is 2.17 bits per heavy atom. The SMILES string of the molecule is CCC[C@@H]1OCCc2ccc3c(c21)OC(F)(F)O3. The van der Waals surface area contributed by atoms with Crippen LogP contribution in [0.15, 0.2) is 12.1 Å². The Morgan fingerprint density at radius 3 is 2.94 bits per heavy atom. The number of hydrogen-bond acceptors (Lipinski definition) is 3. The van der Waals surface area contributed by atoms with Crippen molar-refractivity contribution in [2.75, 3.05) is 6.61 Å². The van der Waals surface area contributed by atoms with E-state index in [2.05, 4.69) is 9.47 Å². The highest BCUT2D eigenvalue weighted by Crippen LogP contribution is 2.49. The average Bonchev–Trinajstić information content (AvgIpc) is 2.64. The molecular weight excluding hydrogens is 242 g/mol. The second-order valence-electron chi connectivity index (χ2n) is 4.53. The van der Waals surface area contributed by atoms with Crippen LogP contribution in [0.5, 0.6) is 11.5 Å². The van der Waals surface area contributed by atoms with Crippen molar-refractivity contribution in [2.24, 2.45) is 0 Å². The van der Waals surface area contributed by atoms with Crippen LogP contribution in [0.1, 0.15) is 37.0 Å². The van der Waals surface area contributed by atoms with Gasteiger partial charge in [-0.15, -0.1) is 8.78 Å².